The van der Waals surface area contributed by atoms with Crippen LogP contribution in [0.1, 0.15) is 66.8 Å². The number of aromatic hydroxyl groups is 1. The number of phenolic OH excluding ortho intramolecular Hbond substituents is 1. The zero-order valence-corrected chi connectivity index (χ0v) is 18.2. The van der Waals surface area contributed by atoms with Crippen molar-refractivity contribution in [3.05, 3.63) is 28.8 Å². The normalized spacial score (nSPS) is 46.6. The Bertz CT molecular complexity index is 1030. The molecule has 4 saturated heterocycles. The number of esters is 1. The maximum Gasteiger partial charge on any atom is 0.309 e. The van der Waals surface area contributed by atoms with Gasteiger partial charge in [-0.1, -0.05) is 6.07 Å². The monoisotopic (exact) mass is 445 g/mol. The number of rotatable bonds is 2. The number of benzene rings is 1. The van der Waals surface area contributed by atoms with E-state index in [2.05, 4.69) is 5.32 Å². The molecule has 5 aliphatic rings. The van der Waals surface area contributed by atoms with Crippen LogP contribution in [-0.4, -0.2) is 70.7 Å². The molecule has 4 fully saturated rings. The molecule has 9 atom stereocenters. The fourth-order valence-corrected chi connectivity index (χ4v) is 6.52. The Labute approximate surface area is 185 Å². The molecule has 0 bridgehead atoms. The van der Waals surface area contributed by atoms with E-state index < -0.39 is 47.4 Å². The van der Waals surface area contributed by atoms with Crippen LogP contribution in [0.5, 0.6) is 5.75 Å². The number of hydrogen-bond acceptors (Lipinski definition) is 9. The van der Waals surface area contributed by atoms with E-state index in [-0.39, 0.29) is 41.5 Å². The van der Waals surface area contributed by atoms with Crippen molar-refractivity contribution in [3.63, 3.8) is 0 Å². The SMILES string of the molecule is CNC1CCC(c2ccc(O)c3c2C(=O)C24OC2(C(C)OC2CC(=O)OC24)C3O)OC1C. The summed E-state index contributed by atoms with van der Waals surface area (Å²) in [5.41, 5.74) is -1.98. The second-order valence-corrected chi connectivity index (χ2v) is 9.56. The van der Waals surface area contributed by atoms with Crippen molar-refractivity contribution >= 4 is 11.8 Å². The largest absolute Gasteiger partial charge is 0.508 e. The highest BCUT2D eigenvalue weighted by atomic mass is 16.7. The van der Waals surface area contributed by atoms with E-state index >= 15 is 0 Å². The van der Waals surface area contributed by atoms with Crippen LogP contribution in [0.25, 0.3) is 0 Å². The smallest absolute Gasteiger partial charge is 0.309 e. The van der Waals surface area contributed by atoms with Crippen LogP contribution in [0.3, 0.4) is 0 Å². The van der Waals surface area contributed by atoms with Crippen molar-refractivity contribution in [2.45, 2.75) is 87.0 Å². The Morgan fingerprint density at radius 3 is 2.66 bits per heavy atom. The molecular weight excluding hydrogens is 418 g/mol. The molecule has 32 heavy (non-hydrogen) atoms. The van der Waals surface area contributed by atoms with E-state index in [9.17, 15) is 19.8 Å². The number of carbonyl (C=O) groups is 2. The molecule has 0 amide bonds. The highest BCUT2D eigenvalue weighted by Gasteiger charge is 2.90. The summed E-state index contributed by atoms with van der Waals surface area (Å²) >= 11 is 0. The highest BCUT2D eigenvalue weighted by Crippen LogP contribution is 2.69. The third kappa shape index (κ3) is 2.25. The molecule has 0 radical (unpaired) electrons. The molecule has 1 aromatic rings. The van der Waals surface area contributed by atoms with Gasteiger partial charge >= 0.3 is 5.97 Å². The second kappa shape index (κ2) is 6.51. The van der Waals surface area contributed by atoms with Crippen molar-refractivity contribution in [1.82, 2.24) is 5.32 Å². The Kier molecular flexibility index (Phi) is 4.18. The number of carbonyl (C=O) groups excluding carboxylic acids is 2. The molecular formula is C23H27NO8. The quantitative estimate of drug-likeness (QED) is 0.452. The van der Waals surface area contributed by atoms with Gasteiger partial charge < -0.3 is 34.5 Å². The Hall–Kier alpha value is -2.04. The van der Waals surface area contributed by atoms with Crippen LogP contribution in [-0.2, 0) is 23.7 Å². The van der Waals surface area contributed by atoms with Crippen molar-refractivity contribution < 1.29 is 38.7 Å². The Morgan fingerprint density at radius 1 is 1.16 bits per heavy atom. The van der Waals surface area contributed by atoms with E-state index in [1.54, 1.807) is 13.0 Å². The van der Waals surface area contributed by atoms with Gasteiger partial charge in [0.2, 0.25) is 11.4 Å². The van der Waals surface area contributed by atoms with Crippen LogP contribution < -0.4 is 5.32 Å². The first-order chi connectivity index (χ1) is 15.3. The molecule has 9 nitrogen and oxygen atoms in total. The van der Waals surface area contributed by atoms with E-state index in [1.165, 1.54) is 6.07 Å². The minimum Gasteiger partial charge on any atom is -0.508 e. The molecule has 9 heteroatoms. The first kappa shape index (κ1) is 20.6. The molecule has 4 aliphatic heterocycles. The summed E-state index contributed by atoms with van der Waals surface area (Å²) in [6.45, 7) is 3.69. The van der Waals surface area contributed by atoms with Gasteiger partial charge in [-0.2, -0.15) is 0 Å². The molecule has 4 heterocycles. The van der Waals surface area contributed by atoms with Crippen LogP contribution in [0, 0.1) is 0 Å². The van der Waals surface area contributed by atoms with Gasteiger partial charge in [0, 0.05) is 17.2 Å². The minimum atomic E-state index is -1.52. The van der Waals surface area contributed by atoms with Gasteiger partial charge in [-0.25, -0.2) is 0 Å². The molecule has 6 rings (SSSR count). The van der Waals surface area contributed by atoms with Gasteiger partial charge in [-0.15, -0.1) is 0 Å². The Morgan fingerprint density at radius 2 is 1.94 bits per heavy atom. The molecule has 1 aliphatic carbocycles. The summed E-state index contributed by atoms with van der Waals surface area (Å²) in [7, 11) is 1.89. The number of aliphatic hydroxyl groups excluding tert-OH is 1. The molecule has 0 saturated carbocycles. The van der Waals surface area contributed by atoms with Crippen molar-refractivity contribution in [1.29, 1.82) is 0 Å². The number of aliphatic hydroxyl groups is 1. The van der Waals surface area contributed by atoms with Gasteiger partial charge in [0.05, 0.1) is 24.7 Å². The molecule has 9 unspecified atom stereocenters. The fourth-order valence-electron chi connectivity index (χ4n) is 6.52. The van der Waals surface area contributed by atoms with Crippen molar-refractivity contribution in [3.8, 4) is 5.75 Å². The number of fused-ring (bicyclic) bond motifs is 2. The zero-order chi connectivity index (χ0) is 22.6. The van der Waals surface area contributed by atoms with Crippen LogP contribution in [0.4, 0.5) is 0 Å². The van der Waals surface area contributed by atoms with Crippen molar-refractivity contribution in [2.24, 2.45) is 0 Å². The number of Topliss-reactive ketones (excluding diaryl/α,β-unsaturated/α-hetero) is 1. The predicted octanol–water partition coefficient (Wildman–Crippen LogP) is 1.06. The van der Waals surface area contributed by atoms with Crippen LogP contribution in [0.15, 0.2) is 12.1 Å². The van der Waals surface area contributed by atoms with Gasteiger partial charge in [-0.3, -0.25) is 9.59 Å². The summed E-state index contributed by atoms with van der Waals surface area (Å²) in [5, 5.41) is 25.4. The molecule has 3 N–H and O–H groups in total. The second-order valence-electron chi connectivity index (χ2n) is 9.56. The van der Waals surface area contributed by atoms with E-state index in [0.29, 0.717) is 12.0 Å². The number of phenols is 1. The fraction of sp³-hybridized carbons (Fsp3) is 0.652. The van der Waals surface area contributed by atoms with E-state index in [1.807, 2.05) is 14.0 Å². The lowest BCUT2D eigenvalue weighted by atomic mass is 9.65. The standard InChI is InChI=1S/C23H27NO8/c1-9-12(24-3)5-7-14(29-9)11-4-6-13(25)18-17(11)19(27)23-21-15(8-16(26)31-21)30-10(2)22(23,32-23)20(18)28/h4,6,9-10,12,14-15,20-21,24-25,28H,5,7-8H2,1-3H3. The number of ketones is 1. The first-order valence-electron chi connectivity index (χ1n) is 11.2. The lowest BCUT2D eigenvalue weighted by molar-refractivity contribution is -0.149. The van der Waals surface area contributed by atoms with Crippen LogP contribution >= 0.6 is 0 Å². The van der Waals surface area contributed by atoms with Crippen LogP contribution in [0.2, 0.25) is 0 Å². The van der Waals surface area contributed by atoms with Gasteiger partial charge in [0.15, 0.2) is 11.7 Å². The number of nitrogens with one attached hydrogen (secondary N) is 1. The summed E-state index contributed by atoms with van der Waals surface area (Å²) in [5.74, 6) is -1.03. The molecule has 0 spiro atoms. The number of ether oxygens (including phenoxy) is 4. The topological polar surface area (TPSA) is 127 Å². The maximum atomic E-state index is 14.1. The number of likely N-dealkylation sites (N-methyl/N-ethyl adjacent to an activating group) is 1. The molecule has 1 aromatic carbocycles. The third-order valence-corrected chi connectivity index (χ3v) is 8.12. The lowest BCUT2D eigenvalue weighted by Crippen LogP contribution is -2.62. The van der Waals surface area contributed by atoms with Gasteiger partial charge in [0.1, 0.15) is 18.0 Å². The van der Waals surface area contributed by atoms with Gasteiger partial charge in [0.25, 0.3) is 0 Å². The third-order valence-electron chi connectivity index (χ3n) is 8.12. The molecule has 0 aromatic heterocycles. The number of epoxide rings is 1. The van der Waals surface area contributed by atoms with Gasteiger partial charge in [-0.05, 0) is 45.4 Å². The lowest BCUT2D eigenvalue weighted by Gasteiger charge is -2.43. The zero-order valence-electron chi connectivity index (χ0n) is 18.2. The van der Waals surface area contributed by atoms with Crippen molar-refractivity contribution in [2.75, 3.05) is 7.05 Å². The number of hydrogen-bond donors (Lipinski definition) is 3. The summed E-state index contributed by atoms with van der Waals surface area (Å²) < 4.78 is 23.8. The summed E-state index contributed by atoms with van der Waals surface area (Å²) in [4.78, 5) is 26.2. The molecule has 172 valence electrons. The summed E-state index contributed by atoms with van der Waals surface area (Å²) in [6, 6.07) is 3.37. The van der Waals surface area contributed by atoms with E-state index in [4.69, 9.17) is 18.9 Å². The first-order valence-corrected chi connectivity index (χ1v) is 11.2. The van der Waals surface area contributed by atoms with E-state index in [0.717, 1.165) is 6.42 Å². The Balaban J connectivity index is 1.49. The highest BCUT2D eigenvalue weighted by molar-refractivity contribution is 6.11. The maximum absolute atomic E-state index is 14.1. The predicted molar refractivity (Wildman–Crippen MR) is 108 cm³/mol. The average molecular weight is 445 g/mol. The minimum absolute atomic E-state index is 0.0357. The average Bonchev–Trinajstić information content (AvgIpc) is 3.38. The summed E-state index contributed by atoms with van der Waals surface area (Å²) in [6.07, 6.45) is -2.43.